The van der Waals surface area contributed by atoms with Crippen molar-refractivity contribution in [3.63, 3.8) is 0 Å². The molecule has 1 aliphatic heterocycles. The maximum Gasteiger partial charge on any atom is 0.305 e. The summed E-state index contributed by atoms with van der Waals surface area (Å²) in [6.45, 7) is 9.49. The lowest BCUT2D eigenvalue weighted by Gasteiger charge is -2.36. The van der Waals surface area contributed by atoms with Crippen LogP contribution < -0.4 is 5.73 Å². The number of likely N-dealkylation sites (tertiary alicyclic amines) is 1. The zero-order chi connectivity index (χ0) is 16.8. The highest BCUT2D eigenvalue weighted by Crippen LogP contribution is 2.23. The molecule has 0 aromatic heterocycles. The molecule has 1 aliphatic rings. The van der Waals surface area contributed by atoms with Crippen LogP contribution in [0.4, 0.5) is 0 Å². The fraction of sp³-hybridized carbons (Fsp3) is 0.632. The molecule has 0 saturated carbocycles. The molecule has 2 unspecified atom stereocenters. The third kappa shape index (κ3) is 5.63. The quantitative estimate of drug-likeness (QED) is 0.820. The Balaban J connectivity index is 1.92. The van der Waals surface area contributed by atoms with Gasteiger partial charge in [-0.25, -0.2) is 0 Å². The smallest absolute Gasteiger partial charge is 0.305 e. The number of ether oxygens (including phenoxy) is 1. The van der Waals surface area contributed by atoms with Gasteiger partial charge in [-0.05, 0) is 50.7 Å². The highest BCUT2D eigenvalue weighted by molar-refractivity contribution is 5.69. The van der Waals surface area contributed by atoms with Gasteiger partial charge in [-0.1, -0.05) is 23.8 Å². The first-order valence-corrected chi connectivity index (χ1v) is 8.67. The standard InChI is InChI=1S/C19H30N2O2/c1-4-23-19(22)8-7-16-10-18(20)13-21(11-16)12-17-9-14(2)5-6-15(17)3/h5-6,9,16,18H,4,7-8,10-13,20H2,1-3H3. The molecule has 0 spiro atoms. The molecule has 1 saturated heterocycles. The Morgan fingerprint density at radius 3 is 2.87 bits per heavy atom. The van der Waals surface area contributed by atoms with E-state index in [-0.39, 0.29) is 12.0 Å². The first-order chi connectivity index (χ1) is 11.0. The van der Waals surface area contributed by atoms with Crippen LogP contribution in [0.2, 0.25) is 0 Å². The van der Waals surface area contributed by atoms with Crippen molar-refractivity contribution in [3.05, 3.63) is 34.9 Å². The van der Waals surface area contributed by atoms with Crippen molar-refractivity contribution in [3.8, 4) is 0 Å². The average Bonchev–Trinajstić information content (AvgIpc) is 2.49. The molecule has 0 amide bonds. The van der Waals surface area contributed by atoms with Gasteiger partial charge < -0.3 is 10.5 Å². The molecule has 2 rings (SSSR count). The number of carbonyl (C=O) groups is 1. The van der Waals surface area contributed by atoms with Gasteiger partial charge in [-0.2, -0.15) is 0 Å². The molecule has 2 atom stereocenters. The van der Waals surface area contributed by atoms with Gasteiger partial charge in [-0.3, -0.25) is 9.69 Å². The third-order valence-electron chi connectivity index (χ3n) is 4.61. The van der Waals surface area contributed by atoms with Gasteiger partial charge in [0.2, 0.25) is 0 Å². The number of carbonyl (C=O) groups excluding carboxylic acids is 1. The number of esters is 1. The lowest BCUT2D eigenvalue weighted by Crippen LogP contribution is -2.46. The van der Waals surface area contributed by atoms with Crippen LogP contribution in [0.1, 0.15) is 42.9 Å². The predicted octanol–water partition coefficient (Wildman–Crippen LogP) is 2.80. The molecule has 1 heterocycles. The van der Waals surface area contributed by atoms with Crippen molar-refractivity contribution in [1.29, 1.82) is 0 Å². The molecule has 23 heavy (non-hydrogen) atoms. The maximum absolute atomic E-state index is 11.6. The Kier molecular flexibility index (Phi) is 6.60. The number of hydrogen-bond donors (Lipinski definition) is 1. The Bertz CT molecular complexity index is 530. The molecule has 1 fully saturated rings. The largest absolute Gasteiger partial charge is 0.466 e. The molecule has 1 aromatic carbocycles. The van der Waals surface area contributed by atoms with Gasteiger partial charge in [0, 0.05) is 32.1 Å². The van der Waals surface area contributed by atoms with Crippen molar-refractivity contribution in [2.75, 3.05) is 19.7 Å². The minimum Gasteiger partial charge on any atom is -0.466 e. The van der Waals surface area contributed by atoms with E-state index in [1.54, 1.807) is 0 Å². The van der Waals surface area contributed by atoms with Crippen LogP contribution in [0.5, 0.6) is 0 Å². The molecule has 4 nitrogen and oxygen atoms in total. The molecule has 128 valence electrons. The number of nitrogens with two attached hydrogens (primary N) is 1. The first kappa shape index (κ1) is 18.0. The van der Waals surface area contributed by atoms with Gasteiger partial charge in [0.25, 0.3) is 0 Å². The SMILES string of the molecule is CCOC(=O)CCC1CC(N)CN(Cc2cc(C)ccc2C)C1. The van der Waals surface area contributed by atoms with Crippen LogP contribution in [-0.2, 0) is 16.1 Å². The molecule has 4 heteroatoms. The highest BCUT2D eigenvalue weighted by Gasteiger charge is 2.25. The Morgan fingerprint density at radius 1 is 1.35 bits per heavy atom. The Morgan fingerprint density at radius 2 is 2.13 bits per heavy atom. The van der Waals surface area contributed by atoms with E-state index in [0.717, 1.165) is 32.5 Å². The Labute approximate surface area is 140 Å². The van der Waals surface area contributed by atoms with Crippen molar-refractivity contribution < 1.29 is 9.53 Å². The second-order valence-electron chi connectivity index (χ2n) is 6.83. The van der Waals surface area contributed by atoms with E-state index < -0.39 is 0 Å². The molecule has 0 radical (unpaired) electrons. The van der Waals surface area contributed by atoms with Gasteiger partial charge in [-0.15, -0.1) is 0 Å². The van der Waals surface area contributed by atoms with E-state index in [1.165, 1.54) is 16.7 Å². The van der Waals surface area contributed by atoms with E-state index in [9.17, 15) is 4.79 Å². The highest BCUT2D eigenvalue weighted by atomic mass is 16.5. The fourth-order valence-corrected chi connectivity index (χ4v) is 3.45. The zero-order valence-electron chi connectivity index (χ0n) is 14.7. The summed E-state index contributed by atoms with van der Waals surface area (Å²) < 4.78 is 5.03. The third-order valence-corrected chi connectivity index (χ3v) is 4.61. The number of hydrogen-bond acceptors (Lipinski definition) is 4. The van der Waals surface area contributed by atoms with Crippen LogP contribution in [0.3, 0.4) is 0 Å². The minimum absolute atomic E-state index is 0.0901. The van der Waals surface area contributed by atoms with Crippen LogP contribution in [-0.4, -0.2) is 36.6 Å². The van der Waals surface area contributed by atoms with E-state index in [4.69, 9.17) is 10.5 Å². The monoisotopic (exact) mass is 318 g/mol. The average molecular weight is 318 g/mol. The fourth-order valence-electron chi connectivity index (χ4n) is 3.45. The molecular formula is C19H30N2O2. The summed E-state index contributed by atoms with van der Waals surface area (Å²) in [5.41, 5.74) is 10.3. The minimum atomic E-state index is -0.0901. The normalized spacial score (nSPS) is 22.1. The van der Waals surface area contributed by atoms with Crippen molar-refractivity contribution in [2.45, 2.75) is 52.6 Å². The van der Waals surface area contributed by atoms with Gasteiger partial charge in [0.05, 0.1) is 6.61 Å². The summed E-state index contributed by atoms with van der Waals surface area (Å²) in [5.74, 6) is 0.390. The number of nitrogens with zero attached hydrogens (tertiary/aromatic N) is 1. The van der Waals surface area contributed by atoms with Crippen molar-refractivity contribution in [2.24, 2.45) is 11.7 Å². The lowest BCUT2D eigenvalue weighted by atomic mass is 9.90. The van der Waals surface area contributed by atoms with Crippen molar-refractivity contribution >= 4 is 5.97 Å². The second kappa shape index (κ2) is 8.46. The van der Waals surface area contributed by atoms with Gasteiger partial charge in [0.1, 0.15) is 0 Å². The van der Waals surface area contributed by atoms with E-state index >= 15 is 0 Å². The predicted molar refractivity (Wildman–Crippen MR) is 93.1 cm³/mol. The van der Waals surface area contributed by atoms with E-state index in [0.29, 0.717) is 18.9 Å². The van der Waals surface area contributed by atoms with Gasteiger partial charge >= 0.3 is 5.97 Å². The molecule has 2 N–H and O–H groups in total. The zero-order valence-corrected chi connectivity index (χ0v) is 14.7. The topological polar surface area (TPSA) is 55.6 Å². The van der Waals surface area contributed by atoms with Gasteiger partial charge in [0.15, 0.2) is 0 Å². The number of piperidine rings is 1. The van der Waals surface area contributed by atoms with Crippen LogP contribution in [0, 0.1) is 19.8 Å². The molecular weight excluding hydrogens is 288 g/mol. The molecule has 1 aromatic rings. The first-order valence-electron chi connectivity index (χ1n) is 8.67. The number of benzene rings is 1. The summed E-state index contributed by atoms with van der Waals surface area (Å²) in [6, 6.07) is 6.81. The summed E-state index contributed by atoms with van der Waals surface area (Å²) in [6.07, 6.45) is 2.38. The second-order valence-corrected chi connectivity index (χ2v) is 6.83. The van der Waals surface area contributed by atoms with E-state index in [2.05, 4.69) is 36.9 Å². The van der Waals surface area contributed by atoms with Crippen LogP contribution in [0.15, 0.2) is 18.2 Å². The summed E-state index contributed by atoms with van der Waals surface area (Å²) in [4.78, 5) is 14.0. The molecule has 0 bridgehead atoms. The van der Waals surface area contributed by atoms with Crippen LogP contribution >= 0.6 is 0 Å². The van der Waals surface area contributed by atoms with Crippen LogP contribution in [0.25, 0.3) is 0 Å². The summed E-state index contributed by atoms with van der Waals surface area (Å²) >= 11 is 0. The summed E-state index contributed by atoms with van der Waals surface area (Å²) in [7, 11) is 0. The molecule has 0 aliphatic carbocycles. The Hall–Kier alpha value is -1.39. The number of aryl methyl sites for hydroxylation is 2. The summed E-state index contributed by atoms with van der Waals surface area (Å²) in [5, 5.41) is 0. The van der Waals surface area contributed by atoms with E-state index in [1.807, 2.05) is 6.92 Å². The van der Waals surface area contributed by atoms with Crippen molar-refractivity contribution in [1.82, 2.24) is 4.90 Å². The number of rotatable bonds is 6. The maximum atomic E-state index is 11.6. The lowest BCUT2D eigenvalue weighted by molar-refractivity contribution is -0.143.